The standard InChI is InChI=1S/C35H43N3O6/c1-39-17-2-14-37-16-18-40-32-9-3-25(19-31(32)37)23-41-35-21-36-13-11-30(35)26-4-7-28(8-5-26)44-29-12-15-38(22-29)27-6-10-33-34(20-27)43-24-42-33/h3-10,19-20,29-30,35-36H,2,11-18,21-24H2,1H3/t29-,30?,35?/m0/s1. The van der Waals surface area contributed by atoms with Crippen LogP contribution in [0.2, 0.25) is 0 Å². The summed E-state index contributed by atoms with van der Waals surface area (Å²) in [4.78, 5) is 4.75. The van der Waals surface area contributed by atoms with Gasteiger partial charge in [0.2, 0.25) is 6.79 Å². The van der Waals surface area contributed by atoms with Crippen molar-refractivity contribution in [3.63, 3.8) is 0 Å². The van der Waals surface area contributed by atoms with Crippen molar-refractivity contribution in [2.45, 2.75) is 44.0 Å². The van der Waals surface area contributed by atoms with E-state index in [0.717, 1.165) is 106 Å². The highest BCUT2D eigenvalue weighted by molar-refractivity contribution is 5.61. The maximum atomic E-state index is 6.58. The van der Waals surface area contributed by atoms with Gasteiger partial charge >= 0.3 is 0 Å². The van der Waals surface area contributed by atoms with Crippen LogP contribution in [0.15, 0.2) is 60.7 Å². The van der Waals surface area contributed by atoms with Gasteiger partial charge in [0, 0.05) is 57.4 Å². The molecule has 0 spiro atoms. The molecule has 0 radical (unpaired) electrons. The van der Waals surface area contributed by atoms with E-state index in [1.807, 2.05) is 6.07 Å². The van der Waals surface area contributed by atoms with Crippen molar-refractivity contribution in [3.8, 4) is 23.0 Å². The fourth-order valence-electron chi connectivity index (χ4n) is 6.76. The number of fused-ring (bicyclic) bond motifs is 2. The summed E-state index contributed by atoms with van der Waals surface area (Å²) >= 11 is 0. The molecule has 0 aliphatic carbocycles. The molecule has 7 rings (SSSR count). The van der Waals surface area contributed by atoms with Crippen LogP contribution in [-0.2, 0) is 16.1 Å². The first-order valence-corrected chi connectivity index (χ1v) is 16.0. The summed E-state index contributed by atoms with van der Waals surface area (Å²) in [7, 11) is 1.76. The van der Waals surface area contributed by atoms with Crippen LogP contribution >= 0.6 is 0 Å². The molecule has 4 aliphatic rings. The second-order valence-electron chi connectivity index (χ2n) is 12.0. The van der Waals surface area contributed by atoms with E-state index in [1.54, 1.807) is 7.11 Å². The van der Waals surface area contributed by atoms with E-state index >= 15 is 0 Å². The Hall–Kier alpha value is -3.66. The smallest absolute Gasteiger partial charge is 0.231 e. The summed E-state index contributed by atoms with van der Waals surface area (Å²) in [6.07, 6.45) is 3.28. The lowest BCUT2D eigenvalue weighted by molar-refractivity contribution is 0.0106. The Morgan fingerprint density at radius 2 is 1.80 bits per heavy atom. The maximum Gasteiger partial charge on any atom is 0.231 e. The van der Waals surface area contributed by atoms with Crippen LogP contribution in [0.5, 0.6) is 23.0 Å². The van der Waals surface area contributed by atoms with Gasteiger partial charge in [0.05, 0.1) is 31.5 Å². The first kappa shape index (κ1) is 29.1. The highest BCUT2D eigenvalue weighted by atomic mass is 16.7. The number of piperidine rings is 1. The first-order valence-electron chi connectivity index (χ1n) is 16.0. The lowest BCUT2D eigenvalue weighted by atomic mass is 9.87. The molecule has 2 fully saturated rings. The third kappa shape index (κ3) is 6.55. The number of anilines is 2. The van der Waals surface area contributed by atoms with Gasteiger partial charge in [0.15, 0.2) is 11.5 Å². The predicted octanol–water partition coefficient (Wildman–Crippen LogP) is 4.97. The molecule has 3 atom stereocenters. The van der Waals surface area contributed by atoms with Crippen LogP contribution in [0.4, 0.5) is 11.4 Å². The molecule has 3 aromatic carbocycles. The fourth-order valence-corrected chi connectivity index (χ4v) is 6.76. The van der Waals surface area contributed by atoms with Crippen LogP contribution in [0.1, 0.15) is 36.3 Å². The zero-order chi connectivity index (χ0) is 29.7. The van der Waals surface area contributed by atoms with Crippen LogP contribution in [0.3, 0.4) is 0 Å². The molecule has 0 saturated carbocycles. The Morgan fingerprint density at radius 1 is 0.909 bits per heavy atom. The Balaban J connectivity index is 0.945. The van der Waals surface area contributed by atoms with Gasteiger partial charge in [-0.1, -0.05) is 18.2 Å². The Bertz CT molecular complexity index is 1400. The quantitative estimate of drug-likeness (QED) is 0.307. The van der Waals surface area contributed by atoms with Gasteiger partial charge in [-0.05, 0) is 66.9 Å². The number of nitrogens with one attached hydrogen (secondary N) is 1. The van der Waals surface area contributed by atoms with Crippen molar-refractivity contribution in [3.05, 3.63) is 71.8 Å². The van der Waals surface area contributed by atoms with Crippen molar-refractivity contribution >= 4 is 11.4 Å². The summed E-state index contributed by atoms with van der Waals surface area (Å²) in [6.45, 7) is 7.86. The highest BCUT2D eigenvalue weighted by Gasteiger charge is 2.29. The van der Waals surface area contributed by atoms with Gasteiger partial charge in [0.1, 0.15) is 24.2 Å². The number of hydrogen-bond acceptors (Lipinski definition) is 9. The van der Waals surface area contributed by atoms with Crippen LogP contribution in [-0.4, -0.2) is 78.6 Å². The Labute approximate surface area is 259 Å². The molecule has 9 heteroatoms. The molecule has 0 aromatic heterocycles. The van der Waals surface area contributed by atoms with E-state index in [9.17, 15) is 0 Å². The molecule has 9 nitrogen and oxygen atoms in total. The van der Waals surface area contributed by atoms with E-state index in [1.165, 1.54) is 11.1 Å². The van der Waals surface area contributed by atoms with Gasteiger partial charge in [-0.25, -0.2) is 0 Å². The second-order valence-corrected chi connectivity index (χ2v) is 12.0. The minimum Gasteiger partial charge on any atom is -0.490 e. The van der Waals surface area contributed by atoms with Crippen LogP contribution in [0.25, 0.3) is 0 Å². The number of benzene rings is 3. The highest BCUT2D eigenvalue weighted by Crippen LogP contribution is 2.37. The van der Waals surface area contributed by atoms with E-state index in [2.05, 4.69) is 69.7 Å². The molecular weight excluding hydrogens is 558 g/mol. The summed E-state index contributed by atoms with van der Waals surface area (Å²) in [5.74, 6) is 3.85. The van der Waals surface area contributed by atoms with Gasteiger partial charge in [-0.3, -0.25) is 0 Å². The molecule has 1 N–H and O–H groups in total. The Kier molecular flexibility index (Phi) is 8.95. The van der Waals surface area contributed by atoms with Crippen molar-refractivity contribution in [1.29, 1.82) is 0 Å². The van der Waals surface area contributed by atoms with Crippen LogP contribution in [0, 0.1) is 0 Å². The topological polar surface area (TPSA) is 73.9 Å². The van der Waals surface area contributed by atoms with E-state index in [4.69, 9.17) is 28.4 Å². The summed E-state index contributed by atoms with van der Waals surface area (Å²) in [5.41, 5.74) is 4.78. The average Bonchev–Trinajstić information content (AvgIpc) is 3.74. The van der Waals surface area contributed by atoms with Crippen molar-refractivity contribution < 1.29 is 28.4 Å². The number of ether oxygens (including phenoxy) is 6. The van der Waals surface area contributed by atoms with E-state index < -0.39 is 0 Å². The van der Waals surface area contributed by atoms with Crippen LogP contribution < -0.4 is 34.1 Å². The van der Waals surface area contributed by atoms with Crippen molar-refractivity contribution in [1.82, 2.24) is 5.32 Å². The minimum absolute atomic E-state index is 0.102. The van der Waals surface area contributed by atoms with Gasteiger partial charge in [0.25, 0.3) is 0 Å². The number of rotatable bonds is 11. The summed E-state index contributed by atoms with van der Waals surface area (Å²) in [6, 6.07) is 21.3. The molecule has 2 saturated heterocycles. The lowest BCUT2D eigenvalue weighted by Crippen LogP contribution is -2.41. The second kappa shape index (κ2) is 13.5. The largest absolute Gasteiger partial charge is 0.490 e. The summed E-state index contributed by atoms with van der Waals surface area (Å²) in [5, 5.41) is 3.54. The zero-order valence-corrected chi connectivity index (χ0v) is 25.5. The Morgan fingerprint density at radius 3 is 2.70 bits per heavy atom. The molecule has 44 heavy (non-hydrogen) atoms. The first-order chi connectivity index (χ1) is 21.7. The fraction of sp³-hybridized carbons (Fsp3) is 0.486. The molecule has 0 amide bonds. The molecular formula is C35H43N3O6. The monoisotopic (exact) mass is 601 g/mol. The van der Waals surface area contributed by atoms with Crippen molar-refractivity contribution in [2.24, 2.45) is 0 Å². The number of methoxy groups -OCH3 is 1. The minimum atomic E-state index is 0.102. The number of nitrogens with zero attached hydrogens (tertiary/aromatic N) is 2. The molecule has 0 bridgehead atoms. The van der Waals surface area contributed by atoms with Crippen molar-refractivity contribution in [2.75, 3.05) is 76.2 Å². The van der Waals surface area contributed by atoms with Gasteiger partial charge < -0.3 is 43.5 Å². The summed E-state index contributed by atoms with van der Waals surface area (Å²) < 4.78 is 35.2. The zero-order valence-electron chi connectivity index (χ0n) is 25.5. The normalized spacial score (nSPS) is 22.5. The molecule has 234 valence electrons. The maximum absolute atomic E-state index is 6.58. The molecule has 4 aliphatic heterocycles. The lowest BCUT2D eigenvalue weighted by Gasteiger charge is -2.33. The third-order valence-corrected chi connectivity index (χ3v) is 9.13. The predicted molar refractivity (Wildman–Crippen MR) is 170 cm³/mol. The van der Waals surface area contributed by atoms with E-state index in [0.29, 0.717) is 19.3 Å². The molecule has 3 aromatic rings. The van der Waals surface area contributed by atoms with Gasteiger partial charge in [-0.15, -0.1) is 0 Å². The number of hydrogen-bond donors (Lipinski definition) is 1. The van der Waals surface area contributed by atoms with E-state index in [-0.39, 0.29) is 12.2 Å². The average molecular weight is 602 g/mol. The molecule has 4 heterocycles. The van der Waals surface area contributed by atoms with Gasteiger partial charge in [-0.2, -0.15) is 0 Å². The molecule has 2 unspecified atom stereocenters. The third-order valence-electron chi connectivity index (χ3n) is 9.13. The SMILES string of the molecule is COCCCN1CCOc2ccc(COC3CNCCC3c3ccc(O[C@H]4CCN(c5ccc6c(c5)OCO6)C4)cc3)cc21.